The summed E-state index contributed by atoms with van der Waals surface area (Å²) in [7, 11) is -4.06. The summed E-state index contributed by atoms with van der Waals surface area (Å²) in [5, 5.41) is 6.01. The van der Waals surface area contributed by atoms with E-state index in [1.54, 1.807) is 12.1 Å². The van der Waals surface area contributed by atoms with E-state index in [0.29, 0.717) is 11.8 Å². The van der Waals surface area contributed by atoms with Crippen molar-refractivity contribution in [3.63, 3.8) is 0 Å². The summed E-state index contributed by atoms with van der Waals surface area (Å²) in [6.07, 6.45) is 1.55. The van der Waals surface area contributed by atoms with E-state index in [1.165, 1.54) is 12.1 Å². The number of piperidine rings is 1. The maximum Gasteiger partial charge on any atom is 0.261 e. The molecule has 0 bridgehead atoms. The quantitative estimate of drug-likeness (QED) is 0.727. The standard InChI is InChI=1S/C18H19F2N3O3S/c19-16-6-5-15(11-17(16)20)27(25,26)23-14-3-1-13(2-4-14)22-18(24)12-7-9-21-10-8-12/h1-6,11-12,21,23H,7-10H2,(H,22,24). The van der Waals surface area contributed by atoms with Crippen LogP contribution in [-0.4, -0.2) is 27.4 Å². The van der Waals surface area contributed by atoms with Gasteiger partial charge in [-0.15, -0.1) is 0 Å². The molecule has 1 saturated heterocycles. The van der Waals surface area contributed by atoms with Crippen LogP contribution in [0.5, 0.6) is 0 Å². The van der Waals surface area contributed by atoms with E-state index < -0.39 is 21.7 Å². The number of anilines is 2. The van der Waals surface area contributed by atoms with Gasteiger partial charge >= 0.3 is 0 Å². The molecular formula is C18H19F2N3O3S. The van der Waals surface area contributed by atoms with Crippen molar-refractivity contribution in [2.75, 3.05) is 23.1 Å². The SMILES string of the molecule is O=C(Nc1ccc(NS(=O)(=O)c2ccc(F)c(F)c2)cc1)C1CCNCC1. The van der Waals surface area contributed by atoms with Crippen LogP contribution in [0.3, 0.4) is 0 Å². The molecule has 0 unspecified atom stereocenters. The summed E-state index contributed by atoms with van der Waals surface area (Å²) in [6, 6.07) is 8.46. The topological polar surface area (TPSA) is 87.3 Å². The van der Waals surface area contributed by atoms with Crippen LogP contribution >= 0.6 is 0 Å². The van der Waals surface area contributed by atoms with Crippen molar-refractivity contribution in [1.82, 2.24) is 5.32 Å². The number of halogens is 2. The highest BCUT2D eigenvalue weighted by molar-refractivity contribution is 7.92. The first kappa shape index (κ1) is 19.2. The van der Waals surface area contributed by atoms with Crippen molar-refractivity contribution in [3.8, 4) is 0 Å². The molecule has 0 spiro atoms. The molecule has 1 amide bonds. The van der Waals surface area contributed by atoms with Gasteiger partial charge in [0.25, 0.3) is 10.0 Å². The summed E-state index contributed by atoms with van der Waals surface area (Å²) in [6.45, 7) is 1.62. The fourth-order valence-electron chi connectivity index (χ4n) is 2.81. The maximum absolute atomic E-state index is 13.3. The van der Waals surface area contributed by atoms with Gasteiger partial charge in [0.15, 0.2) is 11.6 Å². The average molecular weight is 395 g/mol. The summed E-state index contributed by atoms with van der Waals surface area (Å²) in [4.78, 5) is 11.8. The summed E-state index contributed by atoms with van der Waals surface area (Å²) in [5.41, 5.74) is 0.786. The van der Waals surface area contributed by atoms with E-state index in [2.05, 4.69) is 15.4 Å². The number of benzene rings is 2. The van der Waals surface area contributed by atoms with Crippen molar-refractivity contribution in [1.29, 1.82) is 0 Å². The zero-order valence-electron chi connectivity index (χ0n) is 14.3. The minimum Gasteiger partial charge on any atom is -0.326 e. The Morgan fingerprint density at radius 1 is 0.963 bits per heavy atom. The van der Waals surface area contributed by atoms with Crippen molar-refractivity contribution in [2.45, 2.75) is 17.7 Å². The highest BCUT2D eigenvalue weighted by Gasteiger charge is 2.21. The van der Waals surface area contributed by atoms with Gasteiger partial charge in [-0.1, -0.05) is 0 Å². The Morgan fingerprint density at radius 3 is 2.22 bits per heavy atom. The molecule has 0 radical (unpaired) electrons. The lowest BCUT2D eigenvalue weighted by molar-refractivity contribution is -0.120. The minimum absolute atomic E-state index is 0.0437. The first-order valence-electron chi connectivity index (χ1n) is 8.45. The Kier molecular flexibility index (Phi) is 5.71. The van der Waals surface area contributed by atoms with Crippen LogP contribution in [0, 0.1) is 17.6 Å². The van der Waals surface area contributed by atoms with Gasteiger partial charge in [-0.3, -0.25) is 9.52 Å². The van der Waals surface area contributed by atoms with Gasteiger partial charge in [0, 0.05) is 17.3 Å². The molecule has 27 heavy (non-hydrogen) atoms. The average Bonchev–Trinajstić information content (AvgIpc) is 2.66. The van der Waals surface area contributed by atoms with E-state index in [0.717, 1.165) is 38.1 Å². The summed E-state index contributed by atoms with van der Waals surface area (Å²) < 4.78 is 53.0. The van der Waals surface area contributed by atoms with Gasteiger partial charge in [-0.05, 0) is 68.4 Å². The third-order valence-electron chi connectivity index (χ3n) is 4.32. The van der Waals surface area contributed by atoms with Gasteiger partial charge < -0.3 is 10.6 Å². The van der Waals surface area contributed by atoms with Gasteiger partial charge in [0.05, 0.1) is 4.90 Å². The number of sulfonamides is 1. The fraction of sp³-hybridized carbons (Fsp3) is 0.278. The normalized spacial score (nSPS) is 15.3. The number of hydrogen-bond donors (Lipinski definition) is 3. The molecule has 1 fully saturated rings. The van der Waals surface area contributed by atoms with Gasteiger partial charge in [-0.25, -0.2) is 17.2 Å². The van der Waals surface area contributed by atoms with Crippen LogP contribution in [0.15, 0.2) is 47.4 Å². The molecule has 0 aliphatic carbocycles. The van der Waals surface area contributed by atoms with Crippen LogP contribution < -0.4 is 15.4 Å². The molecule has 1 aliphatic rings. The number of rotatable bonds is 5. The smallest absolute Gasteiger partial charge is 0.261 e. The molecule has 1 heterocycles. The van der Waals surface area contributed by atoms with Crippen LogP contribution in [0.25, 0.3) is 0 Å². The maximum atomic E-state index is 13.3. The Hall–Kier alpha value is -2.52. The lowest BCUT2D eigenvalue weighted by atomic mass is 9.97. The van der Waals surface area contributed by atoms with Crippen molar-refractivity contribution < 1.29 is 22.0 Å². The van der Waals surface area contributed by atoms with E-state index in [4.69, 9.17) is 0 Å². The number of carbonyl (C=O) groups is 1. The highest BCUT2D eigenvalue weighted by atomic mass is 32.2. The van der Waals surface area contributed by atoms with Crippen molar-refractivity contribution in [3.05, 3.63) is 54.1 Å². The molecule has 0 aromatic heterocycles. The number of carbonyl (C=O) groups excluding carboxylic acids is 1. The first-order valence-corrected chi connectivity index (χ1v) is 9.93. The second-order valence-electron chi connectivity index (χ2n) is 6.27. The van der Waals surface area contributed by atoms with Gasteiger partial charge in [0.2, 0.25) is 5.91 Å². The van der Waals surface area contributed by atoms with Crippen LogP contribution in [0.4, 0.5) is 20.2 Å². The Balaban J connectivity index is 1.66. The molecule has 0 atom stereocenters. The zero-order valence-corrected chi connectivity index (χ0v) is 15.2. The Bertz CT molecular complexity index is 927. The third-order valence-corrected chi connectivity index (χ3v) is 5.69. The second kappa shape index (κ2) is 8.01. The molecule has 9 heteroatoms. The molecule has 1 aliphatic heterocycles. The van der Waals surface area contributed by atoms with Crippen molar-refractivity contribution in [2.24, 2.45) is 5.92 Å². The zero-order chi connectivity index (χ0) is 19.4. The van der Waals surface area contributed by atoms with Crippen LogP contribution in [-0.2, 0) is 14.8 Å². The minimum atomic E-state index is -4.06. The summed E-state index contributed by atoms with van der Waals surface area (Å²) >= 11 is 0. The lowest BCUT2D eigenvalue weighted by Crippen LogP contribution is -2.34. The first-order chi connectivity index (χ1) is 12.8. The van der Waals surface area contributed by atoms with E-state index in [9.17, 15) is 22.0 Å². The Labute approximate surface area is 156 Å². The van der Waals surface area contributed by atoms with Gasteiger partial charge in [0.1, 0.15) is 0 Å². The lowest BCUT2D eigenvalue weighted by Gasteiger charge is -2.21. The third kappa shape index (κ3) is 4.81. The number of nitrogens with one attached hydrogen (secondary N) is 3. The number of amides is 1. The fourth-order valence-corrected chi connectivity index (χ4v) is 3.88. The highest BCUT2D eigenvalue weighted by Crippen LogP contribution is 2.21. The predicted octanol–water partition coefficient (Wildman–Crippen LogP) is 2.70. The van der Waals surface area contributed by atoms with Crippen LogP contribution in [0.2, 0.25) is 0 Å². The predicted molar refractivity (Wildman–Crippen MR) is 97.8 cm³/mol. The van der Waals surface area contributed by atoms with E-state index in [-0.39, 0.29) is 22.4 Å². The summed E-state index contributed by atoms with van der Waals surface area (Å²) in [5.74, 6) is -2.47. The second-order valence-corrected chi connectivity index (χ2v) is 7.95. The largest absolute Gasteiger partial charge is 0.326 e. The molecule has 0 saturated carbocycles. The molecule has 3 rings (SSSR count). The van der Waals surface area contributed by atoms with Crippen molar-refractivity contribution >= 4 is 27.3 Å². The van der Waals surface area contributed by atoms with Gasteiger partial charge in [-0.2, -0.15) is 0 Å². The van der Waals surface area contributed by atoms with E-state index >= 15 is 0 Å². The Morgan fingerprint density at radius 2 is 1.59 bits per heavy atom. The van der Waals surface area contributed by atoms with Crippen LogP contribution in [0.1, 0.15) is 12.8 Å². The molecule has 2 aromatic rings. The monoisotopic (exact) mass is 395 g/mol. The molecule has 2 aromatic carbocycles. The number of hydrogen-bond acceptors (Lipinski definition) is 4. The molecule has 6 nitrogen and oxygen atoms in total. The van der Waals surface area contributed by atoms with E-state index in [1.807, 2.05) is 0 Å². The molecule has 144 valence electrons. The molecule has 3 N–H and O–H groups in total. The molecular weight excluding hydrogens is 376 g/mol.